The number of alkyl halides is 3. The van der Waals surface area contributed by atoms with E-state index in [4.69, 9.17) is 21.4 Å². The van der Waals surface area contributed by atoms with Crippen LogP contribution >= 0.6 is 12.2 Å². The second kappa shape index (κ2) is 9.11. The first kappa shape index (κ1) is 22.6. The van der Waals surface area contributed by atoms with Gasteiger partial charge in [0.1, 0.15) is 17.6 Å². The molecule has 2 heterocycles. The Morgan fingerprint density at radius 3 is 2.48 bits per heavy atom. The molecule has 1 aliphatic heterocycles. The molecule has 1 aromatic heterocycles. The molecule has 0 bridgehead atoms. The van der Waals surface area contributed by atoms with Gasteiger partial charge >= 0.3 is 12.1 Å². The van der Waals surface area contributed by atoms with Crippen LogP contribution in [-0.4, -0.2) is 17.7 Å². The van der Waals surface area contributed by atoms with E-state index in [0.29, 0.717) is 11.5 Å². The summed E-state index contributed by atoms with van der Waals surface area (Å²) >= 11 is 5.35. The molecule has 0 spiro atoms. The van der Waals surface area contributed by atoms with Gasteiger partial charge in [-0.2, -0.15) is 13.2 Å². The lowest BCUT2D eigenvalue weighted by molar-refractivity contribution is -0.139. The van der Waals surface area contributed by atoms with Gasteiger partial charge < -0.3 is 19.8 Å². The molecule has 4 rings (SSSR count). The molecule has 0 unspecified atom stereocenters. The average Bonchev–Trinajstić information content (AvgIpc) is 3.29. The molecule has 9 heteroatoms. The van der Waals surface area contributed by atoms with Crippen molar-refractivity contribution in [1.82, 2.24) is 10.6 Å². The molecule has 1 atom stereocenters. The molecule has 2 N–H and O–H groups in total. The molecule has 5 nitrogen and oxygen atoms in total. The number of carbonyl (C=O) groups is 1. The molecule has 2 aromatic carbocycles. The molecule has 0 amide bonds. The maximum absolute atomic E-state index is 13.1. The number of ether oxygens (including phenoxy) is 1. The van der Waals surface area contributed by atoms with Crippen molar-refractivity contribution in [1.29, 1.82) is 0 Å². The summed E-state index contributed by atoms with van der Waals surface area (Å²) in [6.07, 6.45) is -4.47. The highest BCUT2D eigenvalue weighted by atomic mass is 32.1. The number of furan rings is 1. The highest BCUT2D eigenvalue weighted by Gasteiger charge is 2.35. The summed E-state index contributed by atoms with van der Waals surface area (Å²) in [5, 5.41) is 6.29. The topological polar surface area (TPSA) is 63.5 Å². The van der Waals surface area contributed by atoms with Gasteiger partial charge in [-0.05, 0) is 49.0 Å². The fraction of sp³-hybridized carbons (Fsp3) is 0.167. The molecule has 1 aliphatic rings. The number of carbonyl (C=O) groups excluding carboxylic acids is 1. The third-order valence-corrected chi connectivity index (χ3v) is 5.24. The van der Waals surface area contributed by atoms with Crippen LogP contribution in [0.15, 0.2) is 76.7 Å². The summed E-state index contributed by atoms with van der Waals surface area (Å²) in [5.74, 6) is -0.0320. The molecule has 170 valence electrons. The Balaban J connectivity index is 1.78. The van der Waals surface area contributed by atoms with Crippen LogP contribution in [0.1, 0.15) is 29.9 Å². The van der Waals surface area contributed by atoms with Crippen molar-refractivity contribution in [3.63, 3.8) is 0 Å². The number of hydrogen-bond donors (Lipinski definition) is 2. The summed E-state index contributed by atoms with van der Waals surface area (Å²) in [6.45, 7) is 1.86. The van der Waals surface area contributed by atoms with Crippen LogP contribution in [0.4, 0.5) is 13.2 Å². The van der Waals surface area contributed by atoms with Crippen molar-refractivity contribution in [2.24, 2.45) is 0 Å². The molecule has 33 heavy (non-hydrogen) atoms. The predicted octanol–water partition coefficient (Wildman–Crippen LogP) is 5.46. The fourth-order valence-electron chi connectivity index (χ4n) is 3.55. The van der Waals surface area contributed by atoms with Gasteiger partial charge in [-0.3, -0.25) is 0 Å². The van der Waals surface area contributed by atoms with E-state index in [-0.39, 0.29) is 28.6 Å². The number of nitrogens with one attached hydrogen (secondary N) is 2. The minimum absolute atomic E-state index is 0.162. The van der Waals surface area contributed by atoms with Gasteiger partial charge in [0.15, 0.2) is 5.11 Å². The Morgan fingerprint density at radius 2 is 1.79 bits per heavy atom. The van der Waals surface area contributed by atoms with Crippen LogP contribution in [-0.2, 0) is 15.7 Å². The predicted molar refractivity (Wildman–Crippen MR) is 121 cm³/mol. The lowest BCUT2D eigenvalue weighted by Gasteiger charge is -2.29. The number of halogens is 3. The minimum Gasteiger partial charge on any atom is -0.463 e. The number of thiocarbonyl (C=S) groups is 1. The number of esters is 1. The number of hydrogen-bond acceptors (Lipinski definition) is 4. The smallest absolute Gasteiger partial charge is 0.416 e. The van der Waals surface area contributed by atoms with Crippen molar-refractivity contribution in [2.45, 2.75) is 19.1 Å². The van der Waals surface area contributed by atoms with E-state index < -0.39 is 23.8 Å². The van der Waals surface area contributed by atoms with Crippen molar-refractivity contribution in [2.75, 3.05) is 6.61 Å². The standard InChI is InChI=1S/C24H19F3N2O3S/c1-2-31-22(30)19-20(14-7-4-3-5-8-14)28-23(33)29-21(19)18-12-11-17(32-18)15-9-6-10-16(13-15)24(25,26)27/h3-13,21H,2H2,1H3,(H2,28,29,33)/t21-/m1/s1. The van der Waals surface area contributed by atoms with Crippen LogP contribution in [0, 0.1) is 0 Å². The van der Waals surface area contributed by atoms with E-state index in [1.54, 1.807) is 19.1 Å². The van der Waals surface area contributed by atoms with Crippen LogP contribution in [0.3, 0.4) is 0 Å². The number of rotatable bonds is 5. The van der Waals surface area contributed by atoms with Crippen LogP contribution in [0.5, 0.6) is 0 Å². The van der Waals surface area contributed by atoms with Gasteiger partial charge in [-0.1, -0.05) is 42.5 Å². The third kappa shape index (κ3) is 4.78. The lowest BCUT2D eigenvalue weighted by Crippen LogP contribution is -2.45. The van der Waals surface area contributed by atoms with Crippen LogP contribution in [0.2, 0.25) is 0 Å². The first-order valence-electron chi connectivity index (χ1n) is 10.1. The quantitative estimate of drug-likeness (QED) is 0.380. The Hall–Kier alpha value is -3.59. The molecular formula is C24H19F3N2O3S. The van der Waals surface area contributed by atoms with Crippen molar-refractivity contribution >= 4 is 29.0 Å². The first-order valence-corrected chi connectivity index (χ1v) is 10.5. The maximum Gasteiger partial charge on any atom is 0.416 e. The SMILES string of the molecule is CCOC(=O)C1=C(c2ccccc2)NC(=S)N[C@@H]1c1ccc(-c2cccc(C(F)(F)F)c2)o1. The minimum atomic E-state index is -4.47. The van der Waals surface area contributed by atoms with E-state index in [9.17, 15) is 18.0 Å². The zero-order valence-corrected chi connectivity index (χ0v) is 18.2. The monoisotopic (exact) mass is 472 g/mol. The van der Waals surface area contributed by atoms with Gasteiger partial charge in [0.05, 0.1) is 23.4 Å². The van der Waals surface area contributed by atoms with E-state index in [0.717, 1.165) is 17.7 Å². The Bertz CT molecular complexity index is 1220. The highest BCUT2D eigenvalue weighted by molar-refractivity contribution is 7.80. The van der Waals surface area contributed by atoms with Crippen LogP contribution in [0.25, 0.3) is 17.0 Å². The molecule has 0 fully saturated rings. The van der Waals surface area contributed by atoms with Gasteiger partial charge in [0.25, 0.3) is 0 Å². The van der Waals surface area contributed by atoms with Gasteiger partial charge in [0, 0.05) is 5.56 Å². The Kier molecular flexibility index (Phi) is 6.24. The average molecular weight is 472 g/mol. The molecule has 3 aromatic rings. The zero-order valence-electron chi connectivity index (χ0n) is 17.4. The van der Waals surface area contributed by atoms with Gasteiger partial charge in [0.2, 0.25) is 0 Å². The lowest BCUT2D eigenvalue weighted by atomic mass is 9.96. The van der Waals surface area contributed by atoms with Gasteiger partial charge in [-0.15, -0.1) is 0 Å². The Labute approximate surface area is 193 Å². The van der Waals surface area contributed by atoms with E-state index in [1.165, 1.54) is 12.1 Å². The summed E-state index contributed by atoms with van der Waals surface area (Å²) in [5.41, 5.74) is 0.926. The van der Waals surface area contributed by atoms with E-state index >= 15 is 0 Å². The van der Waals surface area contributed by atoms with E-state index in [2.05, 4.69) is 10.6 Å². The zero-order chi connectivity index (χ0) is 23.6. The van der Waals surface area contributed by atoms with Crippen molar-refractivity contribution in [3.05, 3.63) is 89.2 Å². The third-order valence-electron chi connectivity index (χ3n) is 5.02. The molecule has 0 saturated heterocycles. The molecule has 0 aliphatic carbocycles. The summed E-state index contributed by atoms with van der Waals surface area (Å²) in [6, 6.07) is 16.3. The van der Waals surface area contributed by atoms with Gasteiger partial charge in [-0.25, -0.2) is 4.79 Å². The summed E-state index contributed by atoms with van der Waals surface area (Å²) in [7, 11) is 0. The number of benzene rings is 2. The normalized spacial score (nSPS) is 16.2. The van der Waals surface area contributed by atoms with Crippen molar-refractivity contribution < 1.29 is 27.1 Å². The Morgan fingerprint density at radius 1 is 1.06 bits per heavy atom. The summed E-state index contributed by atoms with van der Waals surface area (Å²) < 4.78 is 50.5. The van der Waals surface area contributed by atoms with E-state index in [1.807, 2.05) is 30.3 Å². The second-order valence-corrected chi connectivity index (χ2v) is 7.60. The first-order chi connectivity index (χ1) is 15.8. The summed E-state index contributed by atoms with van der Waals surface area (Å²) in [4.78, 5) is 12.9. The molecule has 0 radical (unpaired) electrons. The van der Waals surface area contributed by atoms with Crippen molar-refractivity contribution in [3.8, 4) is 11.3 Å². The second-order valence-electron chi connectivity index (χ2n) is 7.19. The molecular weight excluding hydrogens is 453 g/mol. The fourth-order valence-corrected chi connectivity index (χ4v) is 3.77. The largest absolute Gasteiger partial charge is 0.463 e. The van der Waals surface area contributed by atoms with Crippen LogP contribution < -0.4 is 10.6 Å². The highest BCUT2D eigenvalue weighted by Crippen LogP contribution is 2.36. The maximum atomic E-state index is 13.1. The molecule has 0 saturated carbocycles.